The van der Waals surface area contributed by atoms with E-state index in [0.29, 0.717) is 5.56 Å². The van der Waals surface area contributed by atoms with Crippen LogP contribution in [0.5, 0.6) is 0 Å². The second kappa shape index (κ2) is 7.14. The van der Waals surface area contributed by atoms with Crippen molar-refractivity contribution in [2.24, 2.45) is 0 Å². The van der Waals surface area contributed by atoms with E-state index in [1.165, 1.54) is 0 Å². The molecule has 0 radical (unpaired) electrons. The molecule has 3 aromatic rings. The fourth-order valence-electron chi connectivity index (χ4n) is 3.55. The highest BCUT2D eigenvalue weighted by atomic mass is 32.2. The van der Waals surface area contributed by atoms with E-state index in [1.54, 1.807) is 48.5 Å². The molecule has 2 atom stereocenters. The molecule has 0 bridgehead atoms. The lowest BCUT2D eigenvalue weighted by Gasteiger charge is -2.46. The van der Waals surface area contributed by atoms with Crippen molar-refractivity contribution in [3.8, 4) is 0 Å². The molecule has 0 N–H and O–H groups in total. The molecular weight excluding hydrogens is 392 g/mol. The Hall–Kier alpha value is -3.52. The molecule has 1 amide bonds. The van der Waals surface area contributed by atoms with Gasteiger partial charge in [-0.1, -0.05) is 60.7 Å². The van der Waals surface area contributed by atoms with Gasteiger partial charge in [-0.3, -0.25) is 14.9 Å². The molecule has 4 rings (SSSR count). The molecule has 1 fully saturated rings. The largest absolute Gasteiger partial charge is 0.273 e. The van der Waals surface area contributed by atoms with Crippen LogP contribution < -0.4 is 0 Å². The van der Waals surface area contributed by atoms with Crippen LogP contribution in [0.2, 0.25) is 0 Å². The number of non-ortho nitro benzene ring substituents is 1. The number of sulfonamides is 1. The first-order chi connectivity index (χ1) is 13.9. The summed E-state index contributed by atoms with van der Waals surface area (Å²) in [4.78, 5) is 23.1. The summed E-state index contributed by atoms with van der Waals surface area (Å²) >= 11 is 0. The number of nitro groups is 1. The Bertz CT molecular complexity index is 1160. The first-order valence-corrected chi connectivity index (χ1v) is 10.3. The van der Waals surface area contributed by atoms with Gasteiger partial charge in [0.1, 0.15) is 0 Å². The van der Waals surface area contributed by atoms with Crippen molar-refractivity contribution < 1.29 is 18.1 Å². The van der Waals surface area contributed by atoms with E-state index < -0.39 is 32.8 Å². The first-order valence-electron chi connectivity index (χ1n) is 8.84. The summed E-state index contributed by atoms with van der Waals surface area (Å²) in [6.45, 7) is 0. The lowest BCUT2D eigenvalue weighted by molar-refractivity contribution is -0.384. The monoisotopic (exact) mass is 408 g/mol. The lowest BCUT2D eigenvalue weighted by atomic mass is 9.80. The number of hydrogen-bond acceptors (Lipinski definition) is 5. The van der Waals surface area contributed by atoms with Crippen LogP contribution in [0.1, 0.15) is 23.1 Å². The summed E-state index contributed by atoms with van der Waals surface area (Å²) in [6, 6.07) is 21.8. The molecular formula is C21H16N2O5S. The second-order valence-corrected chi connectivity index (χ2v) is 8.45. The summed E-state index contributed by atoms with van der Waals surface area (Å²) in [5.74, 6) is -1.14. The predicted molar refractivity (Wildman–Crippen MR) is 105 cm³/mol. The standard InChI is InChI=1S/C21H16N2O5S/c24-21-19(15-7-3-1-4-8-15)20(16-9-5-2-6-10-16)22(21)29(27,28)18-13-11-17(12-14-18)23(25)26/h1-14,19-20H/t19-,20-/m0/s1. The smallest absolute Gasteiger partial charge is 0.269 e. The molecule has 146 valence electrons. The maximum Gasteiger partial charge on any atom is 0.269 e. The molecule has 0 aromatic heterocycles. The van der Waals surface area contributed by atoms with E-state index in [9.17, 15) is 23.3 Å². The van der Waals surface area contributed by atoms with Crippen molar-refractivity contribution in [3.63, 3.8) is 0 Å². The van der Waals surface area contributed by atoms with Crippen LogP contribution in [0.15, 0.2) is 89.8 Å². The summed E-state index contributed by atoms with van der Waals surface area (Å²) in [5.41, 5.74) is 1.22. The molecule has 0 spiro atoms. The number of hydrogen-bond donors (Lipinski definition) is 0. The van der Waals surface area contributed by atoms with Crippen molar-refractivity contribution in [1.29, 1.82) is 0 Å². The van der Waals surface area contributed by atoms with E-state index in [4.69, 9.17) is 0 Å². The van der Waals surface area contributed by atoms with Gasteiger partial charge in [0.25, 0.3) is 15.7 Å². The molecule has 1 saturated heterocycles. The molecule has 1 aliphatic rings. The topological polar surface area (TPSA) is 97.6 Å². The van der Waals surface area contributed by atoms with Crippen molar-refractivity contribution in [2.45, 2.75) is 16.9 Å². The van der Waals surface area contributed by atoms with Crippen LogP contribution in [-0.2, 0) is 14.8 Å². The van der Waals surface area contributed by atoms with Gasteiger partial charge in [0, 0.05) is 12.1 Å². The Labute approximate surface area is 167 Å². The second-order valence-electron chi connectivity index (χ2n) is 6.63. The molecule has 0 aliphatic carbocycles. The zero-order valence-electron chi connectivity index (χ0n) is 15.1. The lowest BCUT2D eigenvalue weighted by Crippen LogP contribution is -2.55. The third-order valence-electron chi connectivity index (χ3n) is 4.96. The van der Waals surface area contributed by atoms with Crippen LogP contribution in [0, 0.1) is 10.1 Å². The minimum absolute atomic E-state index is 0.163. The van der Waals surface area contributed by atoms with Gasteiger partial charge in [-0.2, -0.15) is 0 Å². The Morgan fingerprint density at radius 3 is 1.83 bits per heavy atom. The van der Waals surface area contributed by atoms with Gasteiger partial charge in [-0.05, 0) is 23.3 Å². The molecule has 3 aromatic carbocycles. The van der Waals surface area contributed by atoms with Crippen LogP contribution in [0.25, 0.3) is 0 Å². The number of nitro benzene ring substituents is 1. The van der Waals surface area contributed by atoms with Gasteiger partial charge in [0.15, 0.2) is 0 Å². The number of carbonyl (C=O) groups is 1. The zero-order chi connectivity index (χ0) is 20.6. The van der Waals surface area contributed by atoms with Crippen molar-refractivity contribution >= 4 is 21.6 Å². The SMILES string of the molecule is O=C1[C@@H](c2ccccc2)[C@H](c2ccccc2)N1S(=O)(=O)c1ccc([N+](=O)[O-])cc1. The van der Waals surface area contributed by atoms with Crippen molar-refractivity contribution in [2.75, 3.05) is 0 Å². The van der Waals surface area contributed by atoms with Gasteiger partial charge in [-0.25, -0.2) is 12.7 Å². The predicted octanol–water partition coefficient (Wildman–Crippen LogP) is 3.65. The highest BCUT2D eigenvalue weighted by Crippen LogP contribution is 2.49. The van der Waals surface area contributed by atoms with Gasteiger partial charge in [0.05, 0.1) is 21.8 Å². The Balaban J connectivity index is 1.77. The number of amides is 1. The summed E-state index contributed by atoms with van der Waals surface area (Å²) in [5, 5.41) is 10.8. The number of nitrogens with zero attached hydrogens (tertiary/aromatic N) is 2. The normalized spacial score (nSPS) is 18.9. The third kappa shape index (κ3) is 3.17. The summed E-state index contributed by atoms with van der Waals surface area (Å²) in [6.07, 6.45) is 0. The highest BCUT2D eigenvalue weighted by molar-refractivity contribution is 7.89. The molecule has 8 heteroatoms. The van der Waals surface area contributed by atoms with Crippen LogP contribution in [0.4, 0.5) is 5.69 Å². The molecule has 7 nitrogen and oxygen atoms in total. The third-order valence-corrected chi connectivity index (χ3v) is 6.75. The Morgan fingerprint density at radius 1 is 0.793 bits per heavy atom. The van der Waals surface area contributed by atoms with E-state index in [1.807, 2.05) is 12.1 Å². The quantitative estimate of drug-likeness (QED) is 0.365. The van der Waals surface area contributed by atoms with Gasteiger partial charge < -0.3 is 0 Å². The van der Waals surface area contributed by atoms with Crippen LogP contribution >= 0.6 is 0 Å². The van der Waals surface area contributed by atoms with Gasteiger partial charge in [-0.15, -0.1) is 0 Å². The molecule has 0 saturated carbocycles. The van der Waals surface area contributed by atoms with E-state index in [2.05, 4.69) is 0 Å². The van der Waals surface area contributed by atoms with Crippen molar-refractivity contribution in [1.82, 2.24) is 4.31 Å². The number of carbonyl (C=O) groups excluding carboxylic acids is 1. The highest BCUT2D eigenvalue weighted by Gasteiger charge is 2.54. The summed E-state index contributed by atoms with van der Waals surface area (Å²) < 4.78 is 27.3. The van der Waals surface area contributed by atoms with E-state index >= 15 is 0 Å². The number of rotatable bonds is 5. The number of β-lactam (4-membered cyclic amide) rings is 1. The Morgan fingerprint density at radius 2 is 1.31 bits per heavy atom. The van der Waals surface area contributed by atoms with Gasteiger partial charge >= 0.3 is 0 Å². The average molecular weight is 408 g/mol. The molecule has 29 heavy (non-hydrogen) atoms. The van der Waals surface area contributed by atoms with Crippen LogP contribution in [0.3, 0.4) is 0 Å². The average Bonchev–Trinajstić information content (AvgIpc) is 2.73. The molecule has 1 heterocycles. The number of benzene rings is 3. The maximum atomic E-state index is 13.2. The first kappa shape index (κ1) is 18.8. The molecule has 0 unspecified atom stereocenters. The molecule has 1 aliphatic heterocycles. The minimum atomic E-state index is -4.17. The fraction of sp³-hybridized carbons (Fsp3) is 0.0952. The maximum absolute atomic E-state index is 13.2. The zero-order valence-corrected chi connectivity index (χ0v) is 15.9. The van der Waals surface area contributed by atoms with E-state index in [0.717, 1.165) is 34.1 Å². The van der Waals surface area contributed by atoms with Gasteiger partial charge in [0.2, 0.25) is 5.91 Å². The minimum Gasteiger partial charge on any atom is -0.273 e. The fourth-order valence-corrected chi connectivity index (χ4v) is 5.15. The van der Waals surface area contributed by atoms with Crippen LogP contribution in [-0.4, -0.2) is 23.6 Å². The van der Waals surface area contributed by atoms with E-state index in [-0.39, 0.29) is 10.6 Å². The Kier molecular flexibility index (Phi) is 4.63. The summed E-state index contributed by atoms with van der Waals surface area (Å²) in [7, 11) is -4.17. The van der Waals surface area contributed by atoms with Crippen molar-refractivity contribution in [3.05, 3.63) is 106 Å².